The molecule has 0 amide bonds. The van der Waals surface area contributed by atoms with Crippen molar-refractivity contribution >= 4 is 27.5 Å². The van der Waals surface area contributed by atoms with Gasteiger partial charge in [0.05, 0.1) is 18.1 Å². The molecule has 4 aromatic rings. The van der Waals surface area contributed by atoms with Gasteiger partial charge in [-0.3, -0.25) is 0 Å². The lowest BCUT2D eigenvalue weighted by Gasteiger charge is -2.10. The van der Waals surface area contributed by atoms with Crippen LogP contribution in [0.2, 0.25) is 0 Å². The van der Waals surface area contributed by atoms with E-state index in [1.54, 1.807) is 31.4 Å². The van der Waals surface area contributed by atoms with Crippen LogP contribution >= 0.6 is 11.3 Å². The average Bonchev–Trinajstić information content (AvgIpc) is 3.19. The van der Waals surface area contributed by atoms with Gasteiger partial charge < -0.3 is 14.2 Å². The van der Waals surface area contributed by atoms with Crippen LogP contribution in [-0.4, -0.2) is 30.2 Å². The summed E-state index contributed by atoms with van der Waals surface area (Å²) in [5.41, 5.74) is 2.52. The second kappa shape index (κ2) is 8.38. The van der Waals surface area contributed by atoms with Crippen molar-refractivity contribution in [1.82, 2.24) is 9.97 Å². The van der Waals surface area contributed by atoms with E-state index in [1.165, 1.54) is 18.4 Å². The average molecular weight is 406 g/mol. The van der Waals surface area contributed by atoms with E-state index in [4.69, 9.17) is 14.2 Å². The fourth-order valence-corrected chi connectivity index (χ4v) is 3.89. The second-order valence-corrected chi connectivity index (χ2v) is 7.05. The molecule has 0 aliphatic rings. The topological polar surface area (TPSA) is 70.5 Å². The predicted molar refractivity (Wildman–Crippen MR) is 111 cm³/mol. The van der Waals surface area contributed by atoms with Crippen LogP contribution < -0.4 is 4.74 Å². The zero-order chi connectivity index (χ0) is 20.2. The zero-order valence-electron chi connectivity index (χ0n) is 15.9. The molecule has 7 heteroatoms. The Balaban J connectivity index is 1.78. The maximum Gasteiger partial charge on any atom is 0.337 e. The smallest absolute Gasteiger partial charge is 0.337 e. The third-order valence-electron chi connectivity index (χ3n) is 4.29. The van der Waals surface area contributed by atoms with E-state index in [2.05, 4.69) is 15.3 Å². The third kappa shape index (κ3) is 3.96. The summed E-state index contributed by atoms with van der Waals surface area (Å²) in [6, 6.07) is 16.8. The second-order valence-electron chi connectivity index (χ2n) is 6.19. The Morgan fingerprint density at radius 1 is 1.00 bits per heavy atom. The van der Waals surface area contributed by atoms with E-state index < -0.39 is 5.97 Å². The van der Waals surface area contributed by atoms with Gasteiger partial charge in [-0.25, -0.2) is 9.78 Å². The maximum absolute atomic E-state index is 11.6. The zero-order valence-corrected chi connectivity index (χ0v) is 16.7. The summed E-state index contributed by atoms with van der Waals surface area (Å²) >= 11 is 1.54. The molecule has 0 aliphatic heterocycles. The largest absolute Gasteiger partial charge is 0.465 e. The first-order chi connectivity index (χ1) is 14.2. The minimum atomic E-state index is -0.396. The molecule has 29 heavy (non-hydrogen) atoms. The van der Waals surface area contributed by atoms with E-state index >= 15 is 0 Å². The molecule has 2 aromatic heterocycles. The highest BCUT2D eigenvalue weighted by Gasteiger charge is 2.17. The van der Waals surface area contributed by atoms with Crippen molar-refractivity contribution in [2.24, 2.45) is 0 Å². The van der Waals surface area contributed by atoms with Crippen LogP contribution in [0.5, 0.6) is 11.6 Å². The molecule has 146 valence electrons. The number of hydrogen-bond acceptors (Lipinski definition) is 7. The standard InChI is InChI=1S/C22H18N2O4S/c1-26-12-18-23-20(28-16-10-8-15(9-11-16)22(25)27-2)19-17(13-29-21(19)24-18)14-6-4-3-5-7-14/h3-11,13H,12H2,1-2H3. The Bertz CT molecular complexity index is 1140. The summed E-state index contributed by atoms with van der Waals surface area (Å²) in [7, 11) is 2.95. The minimum absolute atomic E-state index is 0.284. The number of benzene rings is 2. The fourth-order valence-electron chi connectivity index (χ4n) is 2.94. The first-order valence-corrected chi connectivity index (χ1v) is 9.76. The van der Waals surface area contributed by atoms with Crippen LogP contribution in [0.25, 0.3) is 21.3 Å². The van der Waals surface area contributed by atoms with Crippen molar-refractivity contribution < 1.29 is 19.0 Å². The van der Waals surface area contributed by atoms with Gasteiger partial charge in [-0.1, -0.05) is 30.3 Å². The molecule has 4 rings (SSSR count). The minimum Gasteiger partial charge on any atom is -0.465 e. The molecule has 0 radical (unpaired) electrons. The number of ether oxygens (including phenoxy) is 3. The highest BCUT2D eigenvalue weighted by atomic mass is 32.1. The van der Waals surface area contributed by atoms with Gasteiger partial charge in [0.2, 0.25) is 5.88 Å². The van der Waals surface area contributed by atoms with E-state index in [-0.39, 0.29) is 6.61 Å². The number of methoxy groups -OCH3 is 2. The Labute approximate surface area is 171 Å². The van der Waals surface area contributed by atoms with Crippen LogP contribution in [0.4, 0.5) is 0 Å². The number of esters is 1. The van der Waals surface area contributed by atoms with E-state index in [0.717, 1.165) is 21.3 Å². The molecule has 0 N–H and O–H groups in total. The molecule has 0 saturated heterocycles. The van der Waals surface area contributed by atoms with Crippen LogP contribution in [0.1, 0.15) is 16.2 Å². The summed E-state index contributed by atoms with van der Waals surface area (Å²) in [5, 5.41) is 2.90. The maximum atomic E-state index is 11.6. The number of hydrogen-bond donors (Lipinski definition) is 0. The lowest BCUT2D eigenvalue weighted by atomic mass is 10.1. The number of fused-ring (bicyclic) bond motifs is 1. The van der Waals surface area contributed by atoms with Gasteiger partial charge in [-0.2, -0.15) is 4.98 Å². The molecule has 2 aromatic carbocycles. The summed E-state index contributed by atoms with van der Waals surface area (Å²) in [6.07, 6.45) is 0. The summed E-state index contributed by atoms with van der Waals surface area (Å²) in [4.78, 5) is 21.6. The SMILES string of the molecule is COCc1nc(Oc2ccc(C(=O)OC)cc2)c2c(-c3ccccc3)csc2n1. The predicted octanol–water partition coefficient (Wildman–Crippen LogP) is 5.08. The number of nitrogens with zero attached hydrogens (tertiary/aromatic N) is 2. The van der Waals surface area contributed by atoms with E-state index in [1.807, 2.05) is 30.3 Å². The van der Waals surface area contributed by atoms with Crippen molar-refractivity contribution in [3.8, 4) is 22.8 Å². The lowest BCUT2D eigenvalue weighted by molar-refractivity contribution is 0.0600. The molecule has 0 bridgehead atoms. The Morgan fingerprint density at radius 3 is 2.45 bits per heavy atom. The summed E-state index contributed by atoms with van der Waals surface area (Å²) < 4.78 is 16.1. The van der Waals surface area contributed by atoms with Gasteiger partial charge in [-0.05, 0) is 29.8 Å². The van der Waals surface area contributed by atoms with Crippen molar-refractivity contribution in [3.05, 3.63) is 71.4 Å². The van der Waals surface area contributed by atoms with Crippen molar-refractivity contribution in [1.29, 1.82) is 0 Å². The first-order valence-electron chi connectivity index (χ1n) is 8.88. The highest BCUT2D eigenvalue weighted by molar-refractivity contribution is 7.17. The van der Waals surface area contributed by atoms with Crippen molar-refractivity contribution in [2.45, 2.75) is 6.61 Å². The molecule has 6 nitrogen and oxygen atoms in total. The molecule has 0 spiro atoms. The Kier molecular flexibility index (Phi) is 5.50. The van der Waals surface area contributed by atoms with Gasteiger partial charge in [0.15, 0.2) is 5.82 Å². The summed E-state index contributed by atoms with van der Waals surface area (Å²) in [5.74, 6) is 1.16. The molecular formula is C22H18N2O4S. The highest BCUT2D eigenvalue weighted by Crippen LogP contribution is 2.39. The molecular weight excluding hydrogens is 388 g/mol. The molecule has 0 atom stereocenters. The Hall–Kier alpha value is -3.29. The van der Waals surface area contributed by atoms with Gasteiger partial charge in [-0.15, -0.1) is 11.3 Å². The van der Waals surface area contributed by atoms with Gasteiger partial charge in [0.25, 0.3) is 0 Å². The van der Waals surface area contributed by atoms with Crippen LogP contribution in [0, 0.1) is 0 Å². The monoisotopic (exact) mass is 406 g/mol. The number of thiophene rings is 1. The van der Waals surface area contributed by atoms with Crippen molar-refractivity contribution in [3.63, 3.8) is 0 Å². The van der Waals surface area contributed by atoms with Gasteiger partial charge in [0.1, 0.15) is 17.2 Å². The summed E-state index contributed by atoms with van der Waals surface area (Å²) in [6.45, 7) is 0.284. The van der Waals surface area contributed by atoms with E-state index in [0.29, 0.717) is 23.0 Å². The van der Waals surface area contributed by atoms with Gasteiger partial charge >= 0.3 is 5.97 Å². The lowest BCUT2D eigenvalue weighted by Crippen LogP contribution is -2.01. The fraction of sp³-hybridized carbons (Fsp3) is 0.136. The van der Waals surface area contributed by atoms with E-state index in [9.17, 15) is 4.79 Å². The molecule has 2 heterocycles. The molecule has 0 saturated carbocycles. The molecule has 0 unspecified atom stereocenters. The number of aromatic nitrogens is 2. The normalized spacial score (nSPS) is 10.8. The Morgan fingerprint density at radius 2 is 1.76 bits per heavy atom. The van der Waals surface area contributed by atoms with Gasteiger partial charge in [0, 0.05) is 18.1 Å². The van der Waals surface area contributed by atoms with Crippen molar-refractivity contribution in [2.75, 3.05) is 14.2 Å². The van der Waals surface area contributed by atoms with Crippen LogP contribution in [0.15, 0.2) is 60.0 Å². The number of carbonyl (C=O) groups excluding carboxylic acids is 1. The third-order valence-corrected chi connectivity index (χ3v) is 5.17. The van der Waals surface area contributed by atoms with Crippen LogP contribution in [0.3, 0.4) is 0 Å². The number of rotatable bonds is 6. The molecule has 0 fully saturated rings. The molecule has 0 aliphatic carbocycles. The number of carbonyl (C=O) groups is 1. The quantitative estimate of drug-likeness (QED) is 0.416. The first kappa shape index (κ1) is 19.0. The van der Waals surface area contributed by atoms with Crippen LogP contribution in [-0.2, 0) is 16.1 Å².